The van der Waals surface area contributed by atoms with Crippen molar-refractivity contribution in [2.24, 2.45) is 10.7 Å². The van der Waals surface area contributed by atoms with Gasteiger partial charge >= 0.3 is 0 Å². The highest BCUT2D eigenvalue weighted by molar-refractivity contribution is 6.31. The van der Waals surface area contributed by atoms with Crippen molar-refractivity contribution >= 4 is 56.4 Å². The van der Waals surface area contributed by atoms with E-state index in [1.165, 1.54) is 4.90 Å². The van der Waals surface area contributed by atoms with Crippen LogP contribution in [0.25, 0.3) is 21.8 Å². The van der Waals surface area contributed by atoms with Crippen molar-refractivity contribution in [2.75, 3.05) is 11.9 Å². The SMILES string of the molecule is CN(C(=O)C(C)(C)N)c1ccc(N=C(c2ccc3ncccc3c2)c2c(O)[nH]c3cc(Cl)ccc23)cc1. The molecule has 0 saturated heterocycles. The molecule has 186 valence electrons. The summed E-state index contributed by atoms with van der Waals surface area (Å²) in [7, 11) is 1.69. The van der Waals surface area contributed by atoms with Gasteiger partial charge < -0.3 is 20.7 Å². The number of fused-ring (bicyclic) bond motifs is 2. The molecule has 0 atom stereocenters. The molecule has 0 saturated carbocycles. The minimum absolute atomic E-state index is 0.00516. The van der Waals surface area contributed by atoms with Crippen LogP contribution >= 0.6 is 11.6 Å². The first-order valence-electron chi connectivity index (χ1n) is 11.7. The van der Waals surface area contributed by atoms with Crippen molar-refractivity contribution < 1.29 is 9.90 Å². The summed E-state index contributed by atoms with van der Waals surface area (Å²) in [5.41, 5.74) is 9.88. The molecule has 2 aromatic heterocycles. The molecular formula is C29H26ClN5O2. The average molecular weight is 512 g/mol. The quantitative estimate of drug-likeness (QED) is 0.253. The Hall–Kier alpha value is -4.20. The fraction of sp³-hybridized carbons (Fsp3) is 0.138. The van der Waals surface area contributed by atoms with Gasteiger partial charge in [0.25, 0.3) is 0 Å². The Bertz CT molecular complexity index is 1670. The van der Waals surface area contributed by atoms with Gasteiger partial charge in [-0.15, -0.1) is 0 Å². The predicted octanol–water partition coefficient (Wildman–Crippen LogP) is 5.94. The van der Waals surface area contributed by atoms with Crippen LogP contribution in [0.4, 0.5) is 11.4 Å². The minimum atomic E-state index is -0.987. The molecule has 0 fully saturated rings. The van der Waals surface area contributed by atoms with Crippen LogP contribution in [0.5, 0.6) is 5.88 Å². The highest BCUT2D eigenvalue weighted by atomic mass is 35.5. The number of aliphatic imine (C=N–C) groups is 1. The smallest absolute Gasteiger partial charge is 0.246 e. The Labute approximate surface area is 219 Å². The molecule has 1 amide bonds. The highest BCUT2D eigenvalue weighted by Crippen LogP contribution is 2.33. The Morgan fingerprint density at radius 2 is 1.84 bits per heavy atom. The number of amides is 1. The van der Waals surface area contributed by atoms with E-state index >= 15 is 0 Å². The van der Waals surface area contributed by atoms with Gasteiger partial charge in [0, 0.05) is 40.3 Å². The van der Waals surface area contributed by atoms with E-state index < -0.39 is 5.54 Å². The van der Waals surface area contributed by atoms with Crippen LogP contribution in [0.1, 0.15) is 25.0 Å². The molecule has 7 nitrogen and oxygen atoms in total. The summed E-state index contributed by atoms with van der Waals surface area (Å²) in [6.07, 6.45) is 1.75. The van der Waals surface area contributed by atoms with E-state index in [0.717, 1.165) is 21.9 Å². The number of aromatic nitrogens is 2. The van der Waals surface area contributed by atoms with Crippen LogP contribution in [-0.2, 0) is 4.79 Å². The maximum atomic E-state index is 12.6. The first kappa shape index (κ1) is 24.5. The van der Waals surface area contributed by atoms with E-state index in [1.807, 2.05) is 60.7 Å². The van der Waals surface area contributed by atoms with E-state index in [2.05, 4.69) is 9.97 Å². The van der Waals surface area contributed by atoms with Gasteiger partial charge in [-0.3, -0.25) is 9.78 Å². The summed E-state index contributed by atoms with van der Waals surface area (Å²) < 4.78 is 0. The number of halogens is 1. The van der Waals surface area contributed by atoms with E-state index in [0.29, 0.717) is 33.2 Å². The first-order chi connectivity index (χ1) is 17.6. The lowest BCUT2D eigenvalue weighted by atomic mass is 9.99. The van der Waals surface area contributed by atoms with Gasteiger partial charge in [-0.2, -0.15) is 0 Å². The Morgan fingerprint density at radius 3 is 2.57 bits per heavy atom. The third-order valence-electron chi connectivity index (χ3n) is 6.19. The van der Waals surface area contributed by atoms with Gasteiger partial charge in [-0.05, 0) is 68.4 Å². The molecule has 5 rings (SSSR count). The summed E-state index contributed by atoms with van der Waals surface area (Å²) in [4.78, 5) is 26.5. The van der Waals surface area contributed by atoms with Crippen molar-refractivity contribution in [1.82, 2.24) is 9.97 Å². The maximum Gasteiger partial charge on any atom is 0.246 e. The van der Waals surface area contributed by atoms with Crippen molar-refractivity contribution in [2.45, 2.75) is 19.4 Å². The second kappa shape index (κ2) is 9.35. The predicted molar refractivity (Wildman–Crippen MR) is 150 cm³/mol. The maximum absolute atomic E-state index is 12.6. The van der Waals surface area contributed by atoms with Gasteiger partial charge in [0.15, 0.2) is 5.88 Å². The Morgan fingerprint density at radius 1 is 1.08 bits per heavy atom. The third kappa shape index (κ3) is 4.79. The number of nitrogens with one attached hydrogen (secondary N) is 1. The van der Waals surface area contributed by atoms with E-state index in [-0.39, 0.29) is 11.8 Å². The number of anilines is 1. The van der Waals surface area contributed by atoms with E-state index in [9.17, 15) is 9.90 Å². The largest absolute Gasteiger partial charge is 0.494 e. The van der Waals surface area contributed by atoms with Gasteiger partial charge in [0.05, 0.1) is 33.5 Å². The van der Waals surface area contributed by atoms with Crippen LogP contribution < -0.4 is 10.6 Å². The summed E-state index contributed by atoms with van der Waals surface area (Å²) in [6, 6.07) is 22.4. The minimum Gasteiger partial charge on any atom is -0.494 e. The summed E-state index contributed by atoms with van der Waals surface area (Å²) in [5, 5.41) is 13.3. The zero-order chi connectivity index (χ0) is 26.3. The molecule has 0 spiro atoms. The molecule has 2 heterocycles. The number of carbonyl (C=O) groups is 1. The van der Waals surface area contributed by atoms with Gasteiger partial charge in [0.1, 0.15) is 0 Å². The number of likely N-dealkylation sites (N-methyl/N-ethyl adjacent to an activating group) is 1. The van der Waals surface area contributed by atoms with Crippen molar-refractivity contribution in [3.63, 3.8) is 0 Å². The number of hydrogen-bond acceptors (Lipinski definition) is 5. The Kier molecular flexibility index (Phi) is 6.19. The van der Waals surface area contributed by atoms with E-state index in [4.69, 9.17) is 22.3 Å². The zero-order valence-corrected chi connectivity index (χ0v) is 21.4. The number of pyridine rings is 1. The number of benzene rings is 3. The first-order valence-corrected chi connectivity index (χ1v) is 12.1. The molecular weight excluding hydrogens is 486 g/mol. The molecule has 0 bridgehead atoms. The molecule has 3 aromatic carbocycles. The van der Waals surface area contributed by atoms with E-state index in [1.54, 1.807) is 39.2 Å². The molecule has 37 heavy (non-hydrogen) atoms. The standard InChI is InChI=1S/C29H26ClN5O2/c1-29(2,31)28(37)35(3)21-10-8-20(9-11-21)33-26(18-6-13-23-17(15-18)5-4-14-32-23)25-22-12-7-19(30)16-24(22)34-27(25)36/h4-16,34,36H,31H2,1-3H3. The normalized spacial score (nSPS) is 12.3. The lowest BCUT2D eigenvalue weighted by Gasteiger charge is -2.25. The van der Waals surface area contributed by atoms with Crippen LogP contribution in [0.3, 0.4) is 0 Å². The third-order valence-corrected chi connectivity index (χ3v) is 6.42. The number of nitrogens with zero attached hydrogens (tertiary/aromatic N) is 3. The Balaban J connectivity index is 1.65. The second-order valence-electron chi connectivity index (χ2n) is 9.51. The fourth-order valence-corrected chi connectivity index (χ4v) is 4.48. The van der Waals surface area contributed by atoms with Crippen LogP contribution in [-0.4, -0.2) is 39.3 Å². The lowest BCUT2D eigenvalue weighted by molar-refractivity contribution is -0.122. The fourth-order valence-electron chi connectivity index (χ4n) is 4.31. The van der Waals surface area contributed by atoms with Crippen molar-refractivity contribution in [3.8, 4) is 5.88 Å². The monoisotopic (exact) mass is 511 g/mol. The van der Waals surface area contributed by atoms with Crippen molar-refractivity contribution in [1.29, 1.82) is 0 Å². The molecule has 0 unspecified atom stereocenters. The molecule has 0 aliphatic carbocycles. The number of aromatic hydroxyl groups is 1. The second-order valence-corrected chi connectivity index (χ2v) is 9.95. The molecule has 0 aliphatic heterocycles. The zero-order valence-electron chi connectivity index (χ0n) is 20.7. The number of aromatic amines is 1. The summed E-state index contributed by atoms with van der Waals surface area (Å²) >= 11 is 6.19. The van der Waals surface area contributed by atoms with Gasteiger partial charge in [-0.25, -0.2) is 4.99 Å². The summed E-state index contributed by atoms with van der Waals surface area (Å²) in [6.45, 7) is 3.35. The van der Waals surface area contributed by atoms with Gasteiger partial charge in [0.2, 0.25) is 5.91 Å². The van der Waals surface area contributed by atoms with Gasteiger partial charge in [-0.1, -0.05) is 29.8 Å². The number of H-pyrrole nitrogens is 1. The lowest BCUT2D eigenvalue weighted by Crippen LogP contribution is -2.49. The number of hydrogen-bond donors (Lipinski definition) is 3. The van der Waals surface area contributed by atoms with Crippen LogP contribution in [0.15, 0.2) is 84.0 Å². The molecule has 0 radical (unpaired) electrons. The van der Waals surface area contributed by atoms with Crippen LogP contribution in [0.2, 0.25) is 5.02 Å². The number of nitrogens with two attached hydrogens (primary N) is 1. The molecule has 8 heteroatoms. The van der Waals surface area contributed by atoms with Crippen molar-refractivity contribution in [3.05, 3.63) is 95.1 Å². The number of rotatable bonds is 5. The molecule has 4 N–H and O–H groups in total. The van der Waals surface area contributed by atoms with Crippen LogP contribution in [0, 0.1) is 0 Å². The topological polar surface area (TPSA) is 108 Å². The number of carbonyl (C=O) groups excluding carboxylic acids is 1. The average Bonchev–Trinajstić information content (AvgIpc) is 3.20. The summed E-state index contributed by atoms with van der Waals surface area (Å²) in [5.74, 6) is -0.203. The highest BCUT2D eigenvalue weighted by Gasteiger charge is 2.26. The molecule has 5 aromatic rings. The molecule has 0 aliphatic rings.